The number of piperidine rings is 1. The van der Waals surface area contributed by atoms with Gasteiger partial charge in [0.05, 0.1) is 11.0 Å². The molecule has 2 aromatic heterocycles. The summed E-state index contributed by atoms with van der Waals surface area (Å²) >= 11 is 0. The molecule has 24 heavy (non-hydrogen) atoms. The van der Waals surface area contributed by atoms with Gasteiger partial charge < -0.3 is 9.88 Å². The molecule has 7 nitrogen and oxygen atoms in total. The summed E-state index contributed by atoms with van der Waals surface area (Å²) in [5.74, 6) is 0.925. The summed E-state index contributed by atoms with van der Waals surface area (Å²) in [4.78, 5) is 30.5. The predicted molar refractivity (Wildman–Crippen MR) is 92.1 cm³/mol. The Kier molecular flexibility index (Phi) is 3.82. The maximum atomic E-state index is 12.4. The van der Waals surface area contributed by atoms with E-state index in [0.717, 1.165) is 42.8 Å². The van der Waals surface area contributed by atoms with Crippen LogP contribution in [0, 0.1) is 0 Å². The lowest BCUT2D eigenvalue weighted by molar-refractivity contribution is 0.102. The highest BCUT2D eigenvalue weighted by atomic mass is 16.2. The van der Waals surface area contributed by atoms with Gasteiger partial charge in [0, 0.05) is 19.2 Å². The van der Waals surface area contributed by atoms with Crippen molar-refractivity contribution in [3.05, 3.63) is 42.4 Å². The molecule has 2 N–H and O–H groups in total. The van der Waals surface area contributed by atoms with Gasteiger partial charge in [-0.3, -0.25) is 10.1 Å². The summed E-state index contributed by atoms with van der Waals surface area (Å²) in [6, 6.07) is 9.37. The molecule has 3 heterocycles. The van der Waals surface area contributed by atoms with Crippen LogP contribution in [0.4, 0.5) is 11.8 Å². The maximum Gasteiger partial charge on any atom is 0.276 e. The van der Waals surface area contributed by atoms with Crippen LogP contribution in [0.5, 0.6) is 0 Å². The third-order valence-electron chi connectivity index (χ3n) is 4.19. The zero-order valence-electron chi connectivity index (χ0n) is 13.2. The van der Waals surface area contributed by atoms with Gasteiger partial charge in [-0.15, -0.1) is 0 Å². The SMILES string of the molecule is O=C(Nc1nc2ccccc2[nH]1)c1cc(N2CCCCC2)ncn1. The Morgan fingerprint density at radius 1 is 1.12 bits per heavy atom. The Morgan fingerprint density at radius 2 is 1.96 bits per heavy atom. The fraction of sp³-hybridized carbons (Fsp3) is 0.294. The van der Waals surface area contributed by atoms with Gasteiger partial charge in [0.25, 0.3) is 5.91 Å². The molecule has 0 atom stereocenters. The largest absolute Gasteiger partial charge is 0.357 e. The fourth-order valence-corrected chi connectivity index (χ4v) is 2.95. The molecule has 4 rings (SSSR count). The van der Waals surface area contributed by atoms with Gasteiger partial charge in [0.1, 0.15) is 17.8 Å². The number of fused-ring (bicyclic) bond motifs is 1. The number of imidazole rings is 1. The van der Waals surface area contributed by atoms with Crippen LogP contribution in [0.3, 0.4) is 0 Å². The Balaban J connectivity index is 1.53. The third kappa shape index (κ3) is 2.92. The Labute approximate surface area is 139 Å². The van der Waals surface area contributed by atoms with E-state index < -0.39 is 0 Å². The molecule has 7 heteroatoms. The van der Waals surface area contributed by atoms with Crippen molar-refractivity contribution in [2.45, 2.75) is 19.3 Å². The standard InChI is InChI=1S/C17H18N6O/c24-16(22-17-20-12-6-2-3-7-13(12)21-17)14-10-15(19-11-18-14)23-8-4-1-5-9-23/h2-3,6-7,10-11H,1,4-5,8-9H2,(H2,20,21,22,24). The lowest BCUT2D eigenvalue weighted by Gasteiger charge is -2.27. The second-order valence-corrected chi connectivity index (χ2v) is 5.87. The van der Waals surface area contributed by atoms with Crippen molar-refractivity contribution in [3.63, 3.8) is 0 Å². The summed E-state index contributed by atoms with van der Waals surface area (Å²) in [5.41, 5.74) is 2.03. The molecule has 1 aliphatic rings. The minimum atomic E-state index is -0.297. The van der Waals surface area contributed by atoms with Gasteiger partial charge in [-0.25, -0.2) is 15.0 Å². The molecule has 1 fully saturated rings. The van der Waals surface area contributed by atoms with E-state index in [1.165, 1.54) is 12.7 Å². The highest BCUT2D eigenvalue weighted by molar-refractivity contribution is 6.02. The molecule has 122 valence electrons. The molecule has 1 aromatic carbocycles. The number of aromatic nitrogens is 4. The number of H-pyrrole nitrogens is 1. The average Bonchev–Trinajstić information content (AvgIpc) is 3.05. The molecular weight excluding hydrogens is 304 g/mol. The maximum absolute atomic E-state index is 12.4. The van der Waals surface area contributed by atoms with Gasteiger partial charge >= 0.3 is 0 Å². The number of aromatic amines is 1. The Morgan fingerprint density at radius 3 is 2.79 bits per heavy atom. The van der Waals surface area contributed by atoms with E-state index in [2.05, 4.69) is 30.2 Å². The number of hydrogen-bond donors (Lipinski definition) is 2. The van der Waals surface area contributed by atoms with Gasteiger partial charge in [-0.05, 0) is 31.4 Å². The molecule has 0 bridgehead atoms. The van der Waals surface area contributed by atoms with Crippen molar-refractivity contribution in [2.75, 3.05) is 23.3 Å². The fourth-order valence-electron chi connectivity index (χ4n) is 2.95. The van der Waals surface area contributed by atoms with Crippen LogP contribution in [0.2, 0.25) is 0 Å². The monoisotopic (exact) mass is 322 g/mol. The summed E-state index contributed by atoms with van der Waals surface area (Å²) in [6.07, 6.45) is 5.01. The minimum Gasteiger partial charge on any atom is -0.357 e. The summed E-state index contributed by atoms with van der Waals surface area (Å²) in [7, 11) is 0. The number of carbonyl (C=O) groups is 1. The number of carbonyl (C=O) groups excluding carboxylic acids is 1. The van der Waals surface area contributed by atoms with E-state index >= 15 is 0 Å². The van der Waals surface area contributed by atoms with Crippen molar-refractivity contribution < 1.29 is 4.79 Å². The first-order chi connectivity index (χ1) is 11.8. The lowest BCUT2D eigenvalue weighted by atomic mass is 10.1. The predicted octanol–water partition coefficient (Wildman–Crippen LogP) is 2.60. The van der Waals surface area contributed by atoms with E-state index in [1.807, 2.05) is 24.3 Å². The van der Waals surface area contributed by atoms with E-state index in [0.29, 0.717) is 11.6 Å². The number of anilines is 2. The van der Waals surface area contributed by atoms with E-state index in [4.69, 9.17) is 0 Å². The van der Waals surface area contributed by atoms with Crippen LogP contribution >= 0.6 is 0 Å². The number of rotatable bonds is 3. The average molecular weight is 322 g/mol. The van der Waals surface area contributed by atoms with Gasteiger partial charge in [0.15, 0.2) is 0 Å². The van der Waals surface area contributed by atoms with Gasteiger partial charge in [-0.1, -0.05) is 12.1 Å². The van der Waals surface area contributed by atoms with Gasteiger partial charge in [-0.2, -0.15) is 0 Å². The first-order valence-corrected chi connectivity index (χ1v) is 8.13. The third-order valence-corrected chi connectivity index (χ3v) is 4.19. The first-order valence-electron chi connectivity index (χ1n) is 8.13. The topological polar surface area (TPSA) is 86.8 Å². The van der Waals surface area contributed by atoms with E-state index in [-0.39, 0.29) is 5.91 Å². The Bertz CT molecular complexity index is 835. The molecule has 0 spiro atoms. The molecule has 1 aliphatic heterocycles. The number of para-hydroxylation sites is 2. The van der Waals surface area contributed by atoms with Crippen molar-refractivity contribution in [2.24, 2.45) is 0 Å². The highest BCUT2D eigenvalue weighted by Gasteiger charge is 2.16. The number of amides is 1. The van der Waals surface area contributed by atoms with Crippen LogP contribution in [0.1, 0.15) is 29.8 Å². The smallest absolute Gasteiger partial charge is 0.276 e. The van der Waals surface area contributed by atoms with Crippen LogP contribution in [-0.4, -0.2) is 38.9 Å². The van der Waals surface area contributed by atoms with Crippen LogP contribution in [-0.2, 0) is 0 Å². The van der Waals surface area contributed by atoms with E-state index in [1.54, 1.807) is 6.07 Å². The van der Waals surface area contributed by atoms with Crippen LogP contribution in [0.25, 0.3) is 11.0 Å². The number of nitrogens with one attached hydrogen (secondary N) is 2. The highest BCUT2D eigenvalue weighted by Crippen LogP contribution is 2.18. The molecule has 0 saturated carbocycles. The molecule has 1 amide bonds. The quantitative estimate of drug-likeness (QED) is 0.774. The second-order valence-electron chi connectivity index (χ2n) is 5.87. The van der Waals surface area contributed by atoms with Crippen molar-refractivity contribution in [1.29, 1.82) is 0 Å². The lowest BCUT2D eigenvalue weighted by Crippen LogP contribution is -2.30. The zero-order valence-corrected chi connectivity index (χ0v) is 13.2. The molecule has 1 saturated heterocycles. The minimum absolute atomic E-state index is 0.297. The zero-order chi connectivity index (χ0) is 16.4. The summed E-state index contributed by atoms with van der Waals surface area (Å²) in [6.45, 7) is 1.95. The first kappa shape index (κ1) is 14.6. The normalized spacial score (nSPS) is 14.8. The van der Waals surface area contributed by atoms with Crippen molar-refractivity contribution in [3.8, 4) is 0 Å². The molecule has 3 aromatic rings. The number of nitrogens with zero attached hydrogens (tertiary/aromatic N) is 4. The molecule has 0 aliphatic carbocycles. The molecular formula is C17H18N6O. The number of benzene rings is 1. The van der Waals surface area contributed by atoms with Gasteiger partial charge in [0.2, 0.25) is 5.95 Å². The molecule has 0 unspecified atom stereocenters. The number of hydrogen-bond acceptors (Lipinski definition) is 5. The van der Waals surface area contributed by atoms with Crippen molar-refractivity contribution >= 4 is 28.7 Å². The second kappa shape index (κ2) is 6.27. The van der Waals surface area contributed by atoms with Crippen LogP contribution < -0.4 is 10.2 Å². The Hall–Kier alpha value is -2.96. The van der Waals surface area contributed by atoms with Crippen molar-refractivity contribution in [1.82, 2.24) is 19.9 Å². The van der Waals surface area contributed by atoms with E-state index in [9.17, 15) is 4.79 Å². The van der Waals surface area contributed by atoms with Crippen LogP contribution in [0.15, 0.2) is 36.7 Å². The summed E-state index contributed by atoms with van der Waals surface area (Å²) in [5, 5.41) is 2.76. The molecule has 0 radical (unpaired) electrons. The summed E-state index contributed by atoms with van der Waals surface area (Å²) < 4.78 is 0.